The minimum absolute atomic E-state index is 0.0918. The Morgan fingerprint density at radius 1 is 0.633 bits per heavy atom. The summed E-state index contributed by atoms with van der Waals surface area (Å²) in [5.41, 5.74) is 18.7. The van der Waals surface area contributed by atoms with E-state index in [4.69, 9.17) is 17.0 Å². The fraction of sp³-hybridized carbons (Fsp3) is 0.378. The van der Waals surface area contributed by atoms with Crippen LogP contribution in [0.15, 0.2) is 83.9 Å². The number of hydrogen-bond donors (Lipinski definition) is 0. The van der Waals surface area contributed by atoms with E-state index < -0.39 is 21.5 Å². The summed E-state index contributed by atoms with van der Waals surface area (Å²) in [6.07, 6.45) is 8.18. The molecule has 0 bridgehead atoms. The molecule has 4 aromatic rings. The molecule has 4 heteroatoms. The van der Waals surface area contributed by atoms with Gasteiger partial charge in [0.05, 0.1) is 0 Å². The molecule has 0 fully saturated rings. The SMILES string of the molecule is CCC1=Cc2c(-c3ccc(C(C)CC)cc3)cc(C)cc2[CH]1[Zr]([Cl])([Cl])([CH]1C(C)=Cc2c(-c3ccc(C(C)CC)cc3)cc(C)cc21)[SiH](C)C. The molecule has 4 atom stereocenters. The topological polar surface area (TPSA) is 0 Å². The molecule has 0 heterocycles. The Balaban J connectivity index is 1.52. The van der Waals surface area contributed by atoms with Gasteiger partial charge >= 0.3 is 308 Å². The van der Waals surface area contributed by atoms with Gasteiger partial charge < -0.3 is 0 Å². The van der Waals surface area contributed by atoms with Gasteiger partial charge in [-0.15, -0.1) is 0 Å². The maximum absolute atomic E-state index is 8.67. The molecule has 0 aliphatic heterocycles. The Hall–Kier alpha value is -1.96. The molecule has 0 N–H and O–H groups in total. The zero-order valence-electron chi connectivity index (χ0n) is 31.3. The zero-order valence-corrected chi connectivity index (χ0v) is 36.5. The third-order valence-electron chi connectivity index (χ3n) is 12.3. The van der Waals surface area contributed by atoms with Crippen LogP contribution in [0, 0.1) is 13.8 Å². The second-order valence-corrected chi connectivity index (χ2v) is 58.2. The van der Waals surface area contributed by atoms with E-state index >= 15 is 0 Å². The Morgan fingerprint density at radius 3 is 1.47 bits per heavy atom. The summed E-state index contributed by atoms with van der Waals surface area (Å²) >= 11 is -4.81. The summed E-state index contributed by atoms with van der Waals surface area (Å²) in [6.45, 7) is 23.2. The van der Waals surface area contributed by atoms with Crippen LogP contribution < -0.4 is 0 Å². The van der Waals surface area contributed by atoms with Crippen LogP contribution >= 0.6 is 17.0 Å². The summed E-state index contributed by atoms with van der Waals surface area (Å²) in [5, 5.41) is 0. The van der Waals surface area contributed by atoms with Crippen molar-refractivity contribution in [3.05, 3.63) is 128 Å². The second-order valence-electron chi connectivity index (χ2n) is 15.7. The van der Waals surface area contributed by atoms with Crippen LogP contribution in [0.1, 0.15) is 124 Å². The van der Waals surface area contributed by atoms with Crippen molar-refractivity contribution in [1.82, 2.24) is 0 Å². The van der Waals surface area contributed by atoms with E-state index in [0.717, 1.165) is 19.3 Å². The van der Waals surface area contributed by atoms with Crippen LogP contribution in [0.4, 0.5) is 0 Å². The first kappa shape index (κ1) is 36.8. The quantitative estimate of drug-likeness (QED) is 0.141. The van der Waals surface area contributed by atoms with Crippen molar-refractivity contribution in [2.45, 2.75) is 107 Å². The van der Waals surface area contributed by atoms with E-state index in [1.54, 1.807) is 0 Å². The predicted molar refractivity (Wildman–Crippen MR) is 219 cm³/mol. The van der Waals surface area contributed by atoms with Crippen LogP contribution in [0.25, 0.3) is 34.4 Å². The molecule has 2 aliphatic carbocycles. The van der Waals surface area contributed by atoms with E-state index in [-0.39, 0.29) is 7.25 Å². The zero-order chi connectivity index (χ0) is 35.4. The maximum atomic E-state index is 8.67. The molecule has 257 valence electrons. The molecule has 2 aliphatic rings. The van der Waals surface area contributed by atoms with Gasteiger partial charge in [-0.1, -0.05) is 0 Å². The summed E-state index contributed by atoms with van der Waals surface area (Å²) < 4.78 is 0.196. The van der Waals surface area contributed by atoms with Gasteiger partial charge in [-0.05, 0) is 0 Å². The number of aryl methyl sites for hydroxylation is 2. The Kier molecular flexibility index (Phi) is 10.4. The van der Waals surface area contributed by atoms with Crippen LogP contribution in [0.5, 0.6) is 0 Å². The van der Waals surface area contributed by atoms with Crippen molar-refractivity contribution in [2.24, 2.45) is 0 Å². The first-order valence-electron chi connectivity index (χ1n) is 18.7. The van der Waals surface area contributed by atoms with Crippen molar-refractivity contribution >= 4 is 35.1 Å². The molecule has 0 radical (unpaired) electrons. The van der Waals surface area contributed by atoms with Gasteiger partial charge in [0.25, 0.3) is 0 Å². The van der Waals surface area contributed by atoms with E-state index in [9.17, 15) is 0 Å². The summed E-state index contributed by atoms with van der Waals surface area (Å²) in [6, 6.07) is 28.2. The number of benzene rings is 4. The predicted octanol–water partition coefficient (Wildman–Crippen LogP) is 14.7. The van der Waals surface area contributed by atoms with Crippen LogP contribution in [-0.4, -0.2) is 5.92 Å². The van der Waals surface area contributed by atoms with Gasteiger partial charge in [0.2, 0.25) is 0 Å². The van der Waals surface area contributed by atoms with Crippen molar-refractivity contribution in [1.29, 1.82) is 0 Å². The third kappa shape index (κ3) is 6.20. The van der Waals surface area contributed by atoms with Gasteiger partial charge in [0, 0.05) is 0 Å². The van der Waals surface area contributed by atoms with E-state index in [1.165, 1.54) is 77.9 Å². The standard InChI is InChI=1S/C22H25.C21H23.C2H7Si.2ClH.Zr/c1-5-16(4)18-7-9-19(10-8-18)21-12-15(3)11-20-13-17(6-2)14-22(20)21;1-5-16(4)17-6-8-18(9-7-17)20-12-14(2)10-19-11-15(3)13-21(19)20;1-3-2;;;/h7-14,16H,5-6H2,1-4H3;6-13,16H,5H2,1-4H3;3H,1-2H3;2*1H;/q;;;;;+2/p-2. The Labute approximate surface area is 305 Å². The first-order valence-corrected chi connectivity index (χ1v) is 35.0. The molecule has 49 heavy (non-hydrogen) atoms. The van der Waals surface area contributed by atoms with Crippen molar-refractivity contribution in [3.8, 4) is 22.3 Å². The molecule has 0 nitrogen and oxygen atoms in total. The van der Waals surface area contributed by atoms with Gasteiger partial charge in [-0.2, -0.15) is 0 Å². The molecule has 0 aromatic heterocycles. The van der Waals surface area contributed by atoms with Gasteiger partial charge in [0.15, 0.2) is 0 Å². The number of fused-ring (bicyclic) bond motifs is 2. The monoisotopic (exact) mass is 783 g/mol. The minimum atomic E-state index is -4.81. The fourth-order valence-corrected chi connectivity index (χ4v) is 41.2. The molecule has 0 saturated carbocycles. The van der Waals surface area contributed by atoms with E-state index in [1.807, 2.05) is 0 Å². The van der Waals surface area contributed by atoms with Gasteiger partial charge in [0.1, 0.15) is 0 Å². The summed E-state index contributed by atoms with van der Waals surface area (Å²) in [5.74, 6) is -0.505. The molecular formula is C45H55Cl2SiZr. The summed E-state index contributed by atoms with van der Waals surface area (Å²) in [4.78, 5) is 0. The number of hydrogen-bond acceptors (Lipinski definition) is 0. The molecule has 6 rings (SSSR count). The molecule has 4 unspecified atom stereocenters. The van der Waals surface area contributed by atoms with Crippen molar-refractivity contribution in [2.75, 3.05) is 0 Å². The van der Waals surface area contributed by atoms with Gasteiger partial charge in [-0.3, -0.25) is 0 Å². The Bertz CT molecular complexity index is 1950. The molecule has 0 spiro atoms. The van der Waals surface area contributed by atoms with Crippen LogP contribution in [0.2, 0.25) is 13.1 Å². The van der Waals surface area contributed by atoms with Gasteiger partial charge in [-0.25, -0.2) is 0 Å². The Morgan fingerprint density at radius 2 is 1.06 bits per heavy atom. The first-order chi connectivity index (χ1) is 23.2. The molecule has 0 amide bonds. The third-order valence-corrected chi connectivity index (χ3v) is 64.3. The van der Waals surface area contributed by atoms with E-state index in [2.05, 4.69) is 153 Å². The molecular weight excluding hydrogens is 731 g/mol. The van der Waals surface area contributed by atoms with Crippen molar-refractivity contribution < 1.29 is 15.6 Å². The second kappa shape index (κ2) is 13.9. The number of halogens is 2. The van der Waals surface area contributed by atoms with E-state index in [0.29, 0.717) is 11.8 Å². The number of rotatable bonds is 10. The number of allylic oxidation sites excluding steroid dienone is 2. The normalized spacial score (nSPS) is 19.2. The molecule has 4 aromatic carbocycles. The fourth-order valence-electron chi connectivity index (χ4n) is 8.93. The van der Waals surface area contributed by atoms with Crippen LogP contribution in [-0.2, 0) is 15.6 Å². The summed E-state index contributed by atoms with van der Waals surface area (Å²) in [7, 11) is 17.3. The molecule has 0 saturated heterocycles. The van der Waals surface area contributed by atoms with Crippen LogP contribution in [0.3, 0.4) is 0 Å². The average molecular weight is 786 g/mol. The van der Waals surface area contributed by atoms with Crippen molar-refractivity contribution in [3.63, 3.8) is 0 Å². The average Bonchev–Trinajstić information content (AvgIpc) is 3.64.